The lowest BCUT2D eigenvalue weighted by Crippen LogP contribution is -2.47. The van der Waals surface area contributed by atoms with Crippen LogP contribution in [0.25, 0.3) is 5.65 Å². The zero-order valence-corrected chi connectivity index (χ0v) is 18.4. The Morgan fingerprint density at radius 1 is 1.17 bits per heavy atom. The molecule has 8 heteroatoms. The van der Waals surface area contributed by atoms with Gasteiger partial charge in [0.2, 0.25) is 5.91 Å². The van der Waals surface area contributed by atoms with Crippen molar-refractivity contribution in [2.24, 2.45) is 5.92 Å². The molecule has 0 bridgehead atoms. The monoisotopic (exact) mass is 446 g/mol. The molecule has 0 spiro atoms. The van der Waals surface area contributed by atoms with Crippen molar-refractivity contribution in [3.05, 3.63) is 70.1 Å². The number of fused-ring (bicyclic) bond motifs is 1. The Hall–Kier alpha value is -2.57. The normalized spacial score (nSPS) is 12.2. The van der Waals surface area contributed by atoms with E-state index >= 15 is 0 Å². The number of imidazole rings is 1. The van der Waals surface area contributed by atoms with Gasteiger partial charge in [0.25, 0.3) is 5.91 Å². The maximum absolute atomic E-state index is 12.7. The summed E-state index contributed by atoms with van der Waals surface area (Å²) < 4.78 is 1.94. The number of amides is 2. The molecule has 0 radical (unpaired) electrons. The van der Waals surface area contributed by atoms with Crippen LogP contribution in [-0.4, -0.2) is 33.8 Å². The molecule has 2 aromatic heterocycles. The van der Waals surface area contributed by atoms with Crippen molar-refractivity contribution in [3.63, 3.8) is 0 Å². The minimum absolute atomic E-state index is 0.222. The third-order valence-electron chi connectivity index (χ3n) is 4.60. The molecule has 2 N–H and O–H groups in total. The molecule has 0 aliphatic heterocycles. The van der Waals surface area contributed by atoms with Gasteiger partial charge in [0, 0.05) is 30.4 Å². The Morgan fingerprint density at radius 3 is 2.67 bits per heavy atom. The predicted molar refractivity (Wildman–Crippen MR) is 119 cm³/mol. The fraction of sp³-hybridized carbons (Fsp3) is 0.318. The molecule has 0 aliphatic rings. The number of hydrogen-bond donors (Lipinski definition) is 2. The van der Waals surface area contributed by atoms with Crippen LogP contribution in [0.3, 0.4) is 0 Å². The van der Waals surface area contributed by atoms with Crippen LogP contribution in [-0.2, 0) is 11.2 Å². The molecule has 1 unspecified atom stereocenters. The first-order valence-corrected chi connectivity index (χ1v) is 10.6. The van der Waals surface area contributed by atoms with Crippen LogP contribution in [0, 0.1) is 5.92 Å². The highest BCUT2D eigenvalue weighted by Crippen LogP contribution is 2.21. The van der Waals surface area contributed by atoms with Gasteiger partial charge in [-0.25, -0.2) is 4.98 Å². The lowest BCUT2D eigenvalue weighted by Gasteiger charge is -2.20. The molecule has 0 aliphatic carbocycles. The third-order valence-corrected chi connectivity index (χ3v) is 5.15. The summed E-state index contributed by atoms with van der Waals surface area (Å²) in [5.41, 5.74) is 2.04. The van der Waals surface area contributed by atoms with Crippen molar-refractivity contribution in [2.45, 2.75) is 32.7 Å². The molecule has 2 heterocycles. The SMILES string of the molecule is CC(C)CC(NC(=O)c1ccc(Cl)cc1Cl)C(=O)NCCc1cn2ccccc2n1. The van der Waals surface area contributed by atoms with Crippen LogP contribution < -0.4 is 10.6 Å². The van der Waals surface area contributed by atoms with E-state index in [-0.39, 0.29) is 22.4 Å². The number of benzene rings is 1. The smallest absolute Gasteiger partial charge is 0.253 e. The van der Waals surface area contributed by atoms with E-state index in [0.29, 0.717) is 24.4 Å². The number of pyridine rings is 1. The molecule has 2 amide bonds. The molecule has 0 saturated heterocycles. The highest BCUT2D eigenvalue weighted by atomic mass is 35.5. The van der Waals surface area contributed by atoms with Crippen molar-refractivity contribution in [3.8, 4) is 0 Å². The predicted octanol–water partition coefficient (Wildman–Crippen LogP) is 4.14. The summed E-state index contributed by atoms with van der Waals surface area (Å²) in [5, 5.41) is 6.39. The van der Waals surface area contributed by atoms with Gasteiger partial charge >= 0.3 is 0 Å². The van der Waals surface area contributed by atoms with Crippen LogP contribution >= 0.6 is 23.2 Å². The van der Waals surface area contributed by atoms with Crippen molar-refractivity contribution in [2.75, 3.05) is 6.54 Å². The maximum atomic E-state index is 12.7. The zero-order valence-electron chi connectivity index (χ0n) is 16.9. The van der Waals surface area contributed by atoms with Crippen LogP contribution in [0.2, 0.25) is 10.0 Å². The maximum Gasteiger partial charge on any atom is 0.253 e. The Balaban J connectivity index is 1.60. The van der Waals surface area contributed by atoms with E-state index in [1.54, 1.807) is 12.1 Å². The molecule has 0 fully saturated rings. The van der Waals surface area contributed by atoms with E-state index in [0.717, 1.165) is 11.3 Å². The molecule has 0 saturated carbocycles. The molecule has 1 aromatic carbocycles. The summed E-state index contributed by atoms with van der Waals surface area (Å²) in [7, 11) is 0. The van der Waals surface area contributed by atoms with E-state index < -0.39 is 11.9 Å². The lowest BCUT2D eigenvalue weighted by molar-refractivity contribution is -0.123. The van der Waals surface area contributed by atoms with Crippen LogP contribution in [0.1, 0.15) is 36.3 Å². The van der Waals surface area contributed by atoms with E-state index in [1.165, 1.54) is 6.07 Å². The Bertz CT molecular complexity index is 1020. The van der Waals surface area contributed by atoms with E-state index in [1.807, 2.05) is 48.8 Å². The van der Waals surface area contributed by atoms with Crippen LogP contribution in [0.15, 0.2) is 48.8 Å². The van der Waals surface area contributed by atoms with Gasteiger partial charge in [-0.3, -0.25) is 9.59 Å². The summed E-state index contributed by atoms with van der Waals surface area (Å²) in [4.78, 5) is 29.9. The van der Waals surface area contributed by atoms with Crippen molar-refractivity contribution in [1.82, 2.24) is 20.0 Å². The zero-order chi connectivity index (χ0) is 21.7. The second-order valence-corrected chi connectivity index (χ2v) is 8.36. The molecular formula is C22H24Cl2N4O2. The van der Waals surface area contributed by atoms with Gasteiger partial charge in [0.1, 0.15) is 11.7 Å². The highest BCUT2D eigenvalue weighted by molar-refractivity contribution is 6.36. The number of hydrogen-bond acceptors (Lipinski definition) is 3. The Labute approximate surface area is 185 Å². The molecule has 158 valence electrons. The molecule has 3 aromatic rings. The number of nitrogens with zero attached hydrogens (tertiary/aromatic N) is 2. The number of halogens is 2. The fourth-order valence-corrected chi connectivity index (χ4v) is 3.65. The average molecular weight is 447 g/mol. The first kappa shape index (κ1) is 22.1. The second kappa shape index (κ2) is 9.96. The summed E-state index contributed by atoms with van der Waals surface area (Å²) in [6, 6.07) is 9.78. The van der Waals surface area contributed by atoms with Gasteiger partial charge in [0.05, 0.1) is 16.3 Å². The number of carbonyl (C=O) groups is 2. The number of carbonyl (C=O) groups excluding carboxylic acids is 2. The minimum atomic E-state index is -0.662. The number of nitrogens with one attached hydrogen (secondary N) is 2. The topological polar surface area (TPSA) is 75.5 Å². The van der Waals surface area contributed by atoms with Crippen LogP contribution in [0.5, 0.6) is 0 Å². The van der Waals surface area contributed by atoms with Crippen molar-refractivity contribution >= 4 is 40.7 Å². The fourth-order valence-electron chi connectivity index (χ4n) is 3.16. The largest absolute Gasteiger partial charge is 0.354 e. The lowest BCUT2D eigenvalue weighted by atomic mass is 10.0. The van der Waals surface area contributed by atoms with Gasteiger partial charge < -0.3 is 15.0 Å². The average Bonchev–Trinajstić information content (AvgIpc) is 3.09. The van der Waals surface area contributed by atoms with Gasteiger partial charge in [-0.05, 0) is 42.7 Å². The number of rotatable bonds is 8. The Kier molecular flexibility index (Phi) is 7.34. The van der Waals surface area contributed by atoms with E-state index in [9.17, 15) is 9.59 Å². The molecule has 1 atom stereocenters. The molecular weight excluding hydrogens is 423 g/mol. The van der Waals surface area contributed by atoms with Crippen molar-refractivity contribution in [1.29, 1.82) is 0 Å². The summed E-state index contributed by atoms with van der Waals surface area (Å²) in [6.45, 7) is 4.42. The Morgan fingerprint density at radius 2 is 1.97 bits per heavy atom. The third kappa shape index (κ3) is 5.74. The van der Waals surface area contributed by atoms with Gasteiger partial charge in [-0.2, -0.15) is 0 Å². The van der Waals surface area contributed by atoms with Gasteiger partial charge in [-0.1, -0.05) is 43.1 Å². The van der Waals surface area contributed by atoms with Crippen molar-refractivity contribution < 1.29 is 9.59 Å². The highest BCUT2D eigenvalue weighted by Gasteiger charge is 2.23. The molecule has 30 heavy (non-hydrogen) atoms. The summed E-state index contributed by atoms with van der Waals surface area (Å²) in [5.74, 6) is -0.413. The van der Waals surface area contributed by atoms with Gasteiger partial charge in [0.15, 0.2) is 0 Å². The first-order valence-electron chi connectivity index (χ1n) is 9.79. The quantitative estimate of drug-likeness (QED) is 0.545. The van der Waals surface area contributed by atoms with E-state index in [4.69, 9.17) is 23.2 Å². The summed E-state index contributed by atoms with van der Waals surface area (Å²) in [6.07, 6.45) is 4.98. The minimum Gasteiger partial charge on any atom is -0.354 e. The second-order valence-electron chi connectivity index (χ2n) is 7.52. The number of aromatic nitrogens is 2. The standard InChI is InChI=1S/C22H24Cl2N4O2/c1-14(2)11-19(27-21(29)17-7-6-15(23)12-18(17)24)22(30)25-9-8-16-13-28-10-4-3-5-20(28)26-16/h3-7,10,12-14,19H,8-9,11H2,1-2H3,(H,25,30)(H,27,29). The van der Waals surface area contributed by atoms with Crippen LogP contribution in [0.4, 0.5) is 0 Å². The summed E-state index contributed by atoms with van der Waals surface area (Å²) >= 11 is 12.0. The van der Waals surface area contributed by atoms with Gasteiger partial charge in [-0.15, -0.1) is 0 Å². The first-order chi connectivity index (χ1) is 14.3. The molecule has 3 rings (SSSR count). The molecule has 6 nitrogen and oxygen atoms in total. The van der Waals surface area contributed by atoms with E-state index in [2.05, 4.69) is 15.6 Å².